The lowest BCUT2D eigenvalue weighted by Gasteiger charge is -2.08. The van der Waals surface area contributed by atoms with Gasteiger partial charge in [0, 0.05) is 18.0 Å². The average Bonchev–Trinajstić information content (AvgIpc) is 2.97. The Bertz CT molecular complexity index is 1090. The summed E-state index contributed by atoms with van der Waals surface area (Å²) in [6, 6.07) is 14.4. The minimum Gasteiger partial charge on any atom is -0.494 e. The van der Waals surface area contributed by atoms with Gasteiger partial charge in [-0.05, 0) is 86.2 Å². The Morgan fingerprint density at radius 2 is 1.38 bits per heavy atom. The molecule has 0 spiro atoms. The Kier molecular flexibility index (Phi) is 13.8. The van der Waals surface area contributed by atoms with Gasteiger partial charge in [0.1, 0.15) is 11.5 Å². The lowest BCUT2D eigenvalue weighted by Crippen LogP contribution is -2.08. The molecule has 0 aliphatic carbocycles. The lowest BCUT2D eigenvalue weighted by molar-refractivity contribution is 0.0734. The van der Waals surface area contributed by atoms with Gasteiger partial charge in [-0.2, -0.15) is 0 Å². The first kappa shape index (κ1) is 30.1. The number of carbonyl (C=O) groups excluding carboxylic acids is 1. The number of nitrogens with zero attached hydrogens (tertiary/aromatic N) is 2. The first-order chi connectivity index (χ1) is 19.2. The average molecular weight is 529 g/mol. The van der Waals surface area contributed by atoms with Crippen LogP contribution >= 0.6 is 0 Å². The van der Waals surface area contributed by atoms with Crippen LogP contribution in [0.15, 0.2) is 73.6 Å². The van der Waals surface area contributed by atoms with Crippen LogP contribution in [-0.2, 0) is 6.42 Å². The molecule has 3 rings (SSSR count). The summed E-state index contributed by atoms with van der Waals surface area (Å²) in [4.78, 5) is 21.7. The van der Waals surface area contributed by atoms with Gasteiger partial charge in [-0.15, -0.1) is 6.58 Å². The molecular formula is C34H44N2O3. The van der Waals surface area contributed by atoms with Crippen LogP contribution in [0.1, 0.15) is 99.9 Å². The quantitative estimate of drug-likeness (QED) is 0.0672. The molecule has 39 heavy (non-hydrogen) atoms. The third-order valence-electron chi connectivity index (χ3n) is 6.76. The molecule has 1 heterocycles. The van der Waals surface area contributed by atoms with Crippen molar-refractivity contribution in [3.05, 3.63) is 84.7 Å². The molecule has 0 fully saturated rings. The number of benzene rings is 2. The third-order valence-corrected chi connectivity index (χ3v) is 6.76. The molecule has 0 atom stereocenters. The molecular weight excluding hydrogens is 484 g/mol. The van der Waals surface area contributed by atoms with Crippen molar-refractivity contribution in [2.75, 3.05) is 6.61 Å². The molecule has 208 valence electrons. The Morgan fingerprint density at radius 3 is 2.08 bits per heavy atom. The van der Waals surface area contributed by atoms with E-state index in [0.29, 0.717) is 23.7 Å². The van der Waals surface area contributed by atoms with Crippen LogP contribution in [0.2, 0.25) is 0 Å². The predicted molar refractivity (Wildman–Crippen MR) is 159 cm³/mol. The maximum absolute atomic E-state index is 12.6. The number of esters is 1. The van der Waals surface area contributed by atoms with Gasteiger partial charge in [0.25, 0.3) is 0 Å². The number of ether oxygens (including phenoxy) is 2. The van der Waals surface area contributed by atoms with Crippen LogP contribution in [0.4, 0.5) is 0 Å². The van der Waals surface area contributed by atoms with E-state index in [1.165, 1.54) is 63.4 Å². The zero-order chi connectivity index (χ0) is 27.5. The summed E-state index contributed by atoms with van der Waals surface area (Å²) in [6.07, 6.45) is 21.5. The van der Waals surface area contributed by atoms with Crippen molar-refractivity contribution in [1.29, 1.82) is 0 Å². The van der Waals surface area contributed by atoms with E-state index in [2.05, 4.69) is 23.5 Å². The fraction of sp³-hybridized carbons (Fsp3) is 0.441. The standard InChI is InChI=1S/C34H44N2O3/c1-3-5-7-9-11-13-15-25-38-31-21-19-30(20-22-31)34(37)39-32-23-17-29(18-24-32)33-35-26-28(27-36-33)16-14-12-10-8-6-4-2/h3,17-24,26-27H,1,4-16,25H2,2H3. The number of hydrogen-bond donors (Lipinski definition) is 0. The van der Waals surface area contributed by atoms with Crippen LogP contribution < -0.4 is 9.47 Å². The highest BCUT2D eigenvalue weighted by atomic mass is 16.5. The van der Waals surface area contributed by atoms with Gasteiger partial charge < -0.3 is 9.47 Å². The number of aromatic nitrogens is 2. The molecule has 0 saturated heterocycles. The Labute approximate surface area is 234 Å². The van der Waals surface area contributed by atoms with E-state index in [4.69, 9.17) is 9.47 Å². The smallest absolute Gasteiger partial charge is 0.343 e. The van der Waals surface area contributed by atoms with E-state index in [-0.39, 0.29) is 0 Å². The number of hydrogen-bond acceptors (Lipinski definition) is 5. The predicted octanol–water partition coefficient (Wildman–Crippen LogP) is 9.17. The van der Waals surface area contributed by atoms with Crippen molar-refractivity contribution in [2.45, 2.75) is 90.4 Å². The maximum Gasteiger partial charge on any atom is 0.343 e. The summed E-state index contributed by atoms with van der Waals surface area (Å²) in [5.41, 5.74) is 2.54. The molecule has 0 saturated carbocycles. The highest BCUT2D eigenvalue weighted by Gasteiger charge is 2.10. The summed E-state index contributed by atoms with van der Waals surface area (Å²) in [7, 11) is 0. The number of carbonyl (C=O) groups is 1. The highest BCUT2D eigenvalue weighted by Crippen LogP contribution is 2.21. The fourth-order valence-corrected chi connectivity index (χ4v) is 4.38. The van der Waals surface area contributed by atoms with Gasteiger partial charge >= 0.3 is 5.97 Å². The van der Waals surface area contributed by atoms with Crippen LogP contribution in [-0.4, -0.2) is 22.5 Å². The maximum atomic E-state index is 12.6. The molecule has 0 unspecified atom stereocenters. The van der Waals surface area contributed by atoms with Crippen LogP contribution in [0.5, 0.6) is 11.5 Å². The van der Waals surface area contributed by atoms with Gasteiger partial charge in [0.15, 0.2) is 5.82 Å². The molecule has 0 radical (unpaired) electrons. The lowest BCUT2D eigenvalue weighted by atomic mass is 10.1. The van der Waals surface area contributed by atoms with E-state index in [1.807, 2.05) is 42.7 Å². The molecule has 0 N–H and O–H groups in total. The normalized spacial score (nSPS) is 10.8. The minimum atomic E-state index is -0.399. The summed E-state index contributed by atoms with van der Waals surface area (Å²) in [5, 5.41) is 0. The van der Waals surface area contributed by atoms with Crippen molar-refractivity contribution in [2.24, 2.45) is 0 Å². The van der Waals surface area contributed by atoms with Crippen LogP contribution in [0, 0.1) is 0 Å². The van der Waals surface area contributed by atoms with Gasteiger partial charge in [0.2, 0.25) is 0 Å². The molecule has 2 aromatic carbocycles. The Hall–Kier alpha value is -3.47. The Balaban J connectivity index is 1.39. The Morgan fingerprint density at radius 1 is 0.769 bits per heavy atom. The van der Waals surface area contributed by atoms with E-state index in [0.717, 1.165) is 37.0 Å². The fourth-order valence-electron chi connectivity index (χ4n) is 4.38. The first-order valence-corrected chi connectivity index (χ1v) is 14.7. The minimum absolute atomic E-state index is 0.399. The second kappa shape index (κ2) is 17.9. The molecule has 0 bridgehead atoms. The van der Waals surface area contributed by atoms with E-state index in [1.54, 1.807) is 24.3 Å². The summed E-state index contributed by atoms with van der Waals surface area (Å²) < 4.78 is 11.4. The van der Waals surface area contributed by atoms with E-state index in [9.17, 15) is 4.79 Å². The number of allylic oxidation sites excluding steroid dienone is 1. The van der Waals surface area contributed by atoms with E-state index < -0.39 is 5.97 Å². The van der Waals surface area contributed by atoms with E-state index >= 15 is 0 Å². The molecule has 5 nitrogen and oxygen atoms in total. The monoisotopic (exact) mass is 528 g/mol. The number of rotatable bonds is 19. The molecule has 3 aromatic rings. The van der Waals surface area contributed by atoms with Crippen molar-refractivity contribution in [3.63, 3.8) is 0 Å². The SMILES string of the molecule is C=CCCCCCCCOc1ccc(C(=O)Oc2ccc(-c3ncc(CCCCCCCC)cn3)cc2)cc1. The number of unbranched alkanes of at least 4 members (excludes halogenated alkanes) is 10. The first-order valence-electron chi connectivity index (χ1n) is 14.7. The molecule has 0 aliphatic rings. The van der Waals surface area contributed by atoms with Crippen molar-refractivity contribution >= 4 is 5.97 Å². The van der Waals surface area contributed by atoms with Crippen molar-refractivity contribution in [1.82, 2.24) is 9.97 Å². The largest absolute Gasteiger partial charge is 0.494 e. The second-order valence-electron chi connectivity index (χ2n) is 10.1. The van der Waals surface area contributed by atoms with Crippen LogP contribution in [0.25, 0.3) is 11.4 Å². The molecule has 5 heteroatoms. The summed E-state index contributed by atoms with van der Waals surface area (Å²) in [6.45, 7) is 6.68. The molecule has 1 aromatic heterocycles. The summed E-state index contributed by atoms with van der Waals surface area (Å²) in [5.74, 6) is 1.52. The van der Waals surface area contributed by atoms with Crippen LogP contribution in [0.3, 0.4) is 0 Å². The van der Waals surface area contributed by atoms with Gasteiger partial charge in [0.05, 0.1) is 12.2 Å². The van der Waals surface area contributed by atoms with Gasteiger partial charge in [-0.25, -0.2) is 14.8 Å². The second-order valence-corrected chi connectivity index (χ2v) is 10.1. The zero-order valence-electron chi connectivity index (χ0n) is 23.6. The third kappa shape index (κ3) is 11.4. The van der Waals surface area contributed by atoms with Gasteiger partial charge in [-0.3, -0.25) is 0 Å². The summed E-state index contributed by atoms with van der Waals surface area (Å²) >= 11 is 0. The molecule has 0 amide bonds. The topological polar surface area (TPSA) is 61.3 Å². The van der Waals surface area contributed by atoms with Crippen molar-refractivity contribution < 1.29 is 14.3 Å². The number of aryl methyl sites for hydroxylation is 1. The molecule has 0 aliphatic heterocycles. The highest BCUT2D eigenvalue weighted by molar-refractivity contribution is 5.91. The van der Waals surface area contributed by atoms with Crippen molar-refractivity contribution in [3.8, 4) is 22.9 Å². The van der Waals surface area contributed by atoms with Gasteiger partial charge in [-0.1, -0.05) is 64.4 Å². The zero-order valence-corrected chi connectivity index (χ0v) is 23.6.